The number of nitrogens with zero attached hydrogens (tertiary/aromatic N) is 2. The van der Waals surface area contributed by atoms with Crippen molar-refractivity contribution in [3.8, 4) is 0 Å². The van der Waals surface area contributed by atoms with Crippen LogP contribution in [0.15, 0.2) is 4.52 Å². The molecule has 0 amide bonds. The number of carbonyl (C=O) groups excluding carboxylic acids is 1. The van der Waals surface area contributed by atoms with Gasteiger partial charge in [0.1, 0.15) is 5.92 Å². The van der Waals surface area contributed by atoms with E-state index >= 15 is 0 Å². The van der Waals surface area contributed by atoms with Crippen molar-refractivity contribution >= 4 is 17.5 Å². The Labute approximate surface area is 105 Å². The van der Waals surface area contributed by atoms with Crippen LogP contribution in [0.5, 0.6) is 0 Å². The molecule has 2 atom stereocenters. The minimum Gasteiger partial charge on any atom is -0.339 e. The van der Waals surface area contributed by atoms with Gasteiger partial charge in [-0.25, -0.2) is 0 Å². The molecule has 0 aromatic carbocycles. The van der Waals surface area contributed by atoms with Gasteiger partial charge in [0.2, 0.25) is 11.7 Å². The maximum absolute atomic E-state index is 12.2. The lowest BCUT2D eigenvalue weighted by atomic mass is 10.1. The summed E-state index contributed by atoms with van der Waals surface area (Å²) in [5.41, 5.74) is 0. The van der Waals surface area contributed by atoms with Gasteiger partial charge < -0.3 is 4.52 Å². The van der Waals surface area contributed by atoms with Gasteiger partial charge in [0.25, 0.3) is 0 Å². The topological polar surface area (TPSA) is 56.0 Å². The van der Waals surface area contributed by atoms with E-state index in [1.54, 1.807) is 11.8 Å². The molecule has 8 heteroatoms. The smallest absolute Gasteiger partial charge is 0.339 e. The summed E-state index contributed by atoms with van der Waals surface area (Å²) < 4.78 is 41.5. The van der Waals surface area contributed by atoms with Crippen LogP contribution in [0.4, 0.5) is 13.2 Å². The van der Waals surface area contributed by atoms with Crippen LogP contribution in [0, 0.1) is 0 Å². The third kappa shape index (κ3) is 2.68. The molecule has 100 valence electrons. The average Bonchev–Trinajstić information content (AvgIpc) is 2.95. The molecule has 1 aromatic heterocycles. The number of ketones is 1. The number of carbonyl (C=O) groups is 1. The van der Waals surface area contributed by atoms with Gasteiger partial charge in [-0.3, -0.25) is 4.79 Å². The largest absolute Gasteiger partial charge is 0.450 e. The number of hydrogen-bond acceptors (Lipinski definition) is 5. The van der Waals surface area contributed by atoms with Crippen LogP contribution in [-0.2, 0) is 4.79 Å². The van der Waals surface area contributed by atoms with E-state index in [0.717, 1.165) is 25.5 Å². The Morgan fingerprint density at radius 2 is 2.28 bits per heavy atom. The zero-order chi connectivity index (χ0) is 13.3. The van der Waals surface area contributed by atoms with Crippen LogP contribution >= 0.6 is 11.8 Å². The number of alkyl halides is 3. The van der Waals surface area contributed by atoms with Gasteiger partial charge in [-0.2, -0.15) is 29.9 Å². The summed E-state index contributed by atoms with van der Waals surface area (Å²) in [7, 11) is 0. The van der Waals surface area contributed by atoms with Crippen molar-refractivity contribution in [1.29, 1.82) is 0 Å². The van der Waals surface area contributed by atoms with E-state index in [1.165, 1.54) is 0 Å². The van der Waals surface area contributed by atoms with Gasteiger partial charge in [0, 0.05) is 0 Å². The summed E-state index contributed by atoms with van der Waals surface area (Å²) in [6.45, 7) is 1.12. The highest BCUT2D eigenvalue weighted by molar-refractivity contribution is 7.99. The van der Waals surface area contributed by atoms with Crippen molar-refractivity contribution in [3.05, 3.63) is 11.7 Å². The second-order valence-electron chi connectivity index (χ2n) is 4.08. The van der Waals surface area contributed by atoms with Gasteiger partial charge in [-0.15, -0.1) is 0 Å². The Bertz CT molecular complexity index is 441. The molecule has 1 fully saturated rings. The monoisotopic (exact) mass is 280 g/mol. The highest BCUT2D eigenvalue weighted by Crippen LogP contribution is 2.38. The third-order valence-electron chi connectivity index (χ3n) is 2.72. The molecule has 0 N–H and O–H groups in total. The fraction of sp³-hybridized carbons (Fsp3) is 0.700. The third-order valence-corrected chi connectivity index (χ3v) is 4.09. The predicted molar refractivity (Wildman–Crippen MR) is 58.2 cm³/mol. The van der Waals surface area contributed by atoms with E-state index in [-0.39, 0.29) is 11.1 Å². The van der Waals surface area contributed by atoms with Gasteiger partial charge in [-0.1, -0.05) is 5.16 Å². The SMILES string of the molecule is CC(C(=O)C(F)(F)F)c1nc(C2CCCS2)no1. The Balaban J connectivity index is 2.12. The standard InChI is InChI=1S/C10H11F3N2O2S/c1-5(7(16)10(11,12)13)9-14-8(15-17-9)6-3-2-4-18-6/h5-6H,2-4H2,1H3. The zero-order valence-corrected chi connectivity index (χ0v) is 10.3. The molecule has 1 saturated heterocycles. The fourth-order valence-electron chi connectivity index (χ4n) is 1.69. The lowest BCUT2D eigenvalue weighted by Crippen LogP contribution is -2.27. The van der Waals surface area contributed by atoms with E-state index in [4.69, 9.17) is 4.52 Å². The molecule has 2 heterocycles. The number of hydrogen-bond donors (Lipinski definition) is 0. The zero-order valence-electron chi connectivity index (χ0n) is 9.53. The molecular weight excluding hydrogens is 269 g/mol. The van der Waals surface area contributed by atoms with E-state index in [2.05, 4.69) is 10.1 Å². The molecule has 0 spiro atoms. The van der Waals surface area contributed by atoms with Crippen molar-refractivity contribution in [2.24, 2.45) is 0 Å². The number of aromatic nitrogens is 2. The normalized spacial score (nSPS) is 22.1. The molecule has 1 aromatic rings. The molecule has 1 aliphatic rings. The highest BCUT2D eigenvalue weighted by Gasteiger charge is 2.44. The molecule has 0 aliphatic carbocycles. The predicted octanol–water partition coefficient (Wildman–Crippen LogP) is 2.87. The van der Waals surface area contributed by atoms with Gasteiger partial charge in [0.15, 0.2) is 5.82 Å². The van der Waals surface area contributed by atoms with Crippen LogP contribution in [0.1, 0.15) is 42.6 Å². The van der Waals surface area contributed by atoms with Gasteiger partial charge in [0.05, 0.1) is 5.25 Å². The van der Waals surface area contributed by atoms with Crippen molar-refractivity contribution in [2.45, 2.75) is 37.1 Å². The number of halogens is 3. The van der Waals surface area contributed by atoms with Crippen LogP contribution < -0.4 is 0 Å². The summed E-state index contributed by atoms with van der Waals surface area (Å²) in [5.74, 6) is -2.21. The minimum atomic E-state index is -4.88. The summed E-state index contributed by atoms with van der Waals surface area (Å²) in [5, 5.41) is 3.72. The van der Waals surface area contributed by atoms with Crippen molar-refractivity contribution in [3.63, 3.8) is 0 Å². The molecule has 0 saturated carbocycles. The molecule has 2 unspecified atom stereocenters. The van der Waals surface area contributed by atoms with Crippen LogP contribution in [0.3, 0.4) is 0 Å². The summed E-state index contributed by atoms with van der Waals surface area (Å²) >= 11 is 1.64. The fourth-order valence-corrected chi connectivity index (χ4v) is 2.89. The van der Waals surface area contributed by atoms with Crippen LogP contribution in [-0.4, -0.2) is 27.9 Å². The highest BCUT2D eigenvalue weighted by atomic mass is 32.2. The quantitative estimate of drug-likeness (QED) is 0.852. The molecule has 0 radical (unpaired) electrons. The molecule has 0 bridgehead atoms. The van der Waals surface area contributed by atoms with Crippen LogP contribution in [0.25, 0.3) is 0 Å². The van der Waals surface area contributed by atoms with Crippen molar-refractivity contribution < 1.29 is 22.5 Å². The van der Waals surface area contributed by atoms with Crippen molar-refractivity contribution in [2.75, 3.05) is 5.75 Å². The number of Topliss-reactive ketones (excluding diaryl/α,β-unsaturated/α-hetero) is 1. The van der Waals surface area contributed by atoms with Crippen molar-refractivity contribution in [1.82, 2.24) is 10.1 Å². The first-order chi connectivity index (χ1) is 8.39. The first-order valence-electron chi connectivity index (χ1n) is 5.45. The van der Waals surface area contributed by atoms with E-state index < -0.39 is 17.9 Å². The van der Waals surface area contributed by atoms with Gasteiger partial charge in [-0.05, 0) is 25.5 Å². The summed E-state index contributed by atoms with van der Waals surface area (Å²) in [6, 6.07) is 0. The molecule has 4 nitrogen and oxygen atoms in total. The first-order valence-corrected chi connectivity index (χ1v) is 6.50. The molecule has 1 aliphatic heterocycles. The Morgan fingerprint density at radius 1 is 1.56 bits per heavy atom. The lowest BCUT2D eigenvalue weighted by molar-refractivity contribution is -0.172. The number of thioether (sulfide) groups is 1. The molecular formula is C10H11F3N2O2S. The summed E-state index contributed by atoms with van der Waals surface area (Å²) in [4.78, 5) is 14.9. The Kier molecular flexibility index (Phi) is 3.65. The summed E-state index contributed by atoms with van der Waals surface area (Å²) in [6.07, 6.45) is -2.97. The van der Waals surface area contributed by atoms with Crippen LogP contribution in [0.2, 0.25) is 0 Å². The second-order valence-corrected chi connectivity index (χ2v) is 5.39. The Hall–Kier alpha value is -1.05. The Morgan fingerprint density at radius 3 is 2.83 bits per heavy atom. The maximum atomic E-state index is 12.2. The van der Waals surface area contributed by atoms with E-state index in [1.807, 2.05) is 0 Å². The molecule has 2 rings (SSSR count). The maximum Gasteiger partial charge on any atom is 0.450 e. The lowest BCUT2D eigenvalue weighted by Gasteiger charge is -2.08. The minimum absolute atomic E-state index is 0.0655. The van der Waals surface area contributed by atoms with Gasteiger partial charge >= 0.3 is 6.18 Å². The van der Waals surface area contributed by atoms with E-state index in [9.17, 15) is 18.0 Å². The average molecular weight is 280 g/mol. The molecule has 18 heavy (non-hydrogen) atoms. The second kappa shape index (κ2) is 4.91. The first kappa shape index (κ1) is 13.4. The van der Waals surface area contributed by atoms with E-state index in [0.29, 0.717) is 5.82 Å². The number of rotatable bonds is 3.